The maximum atomic E-state index is 15.1. The van der Waals surface area contributed by atoms with Gasteiger partial charge in [-0.05, 0) is 66.0 Å². The van der Waals surface area contributed by atoms with E-state index in [1.165, 1.54) is 24.3 Å². The van der Waals surface area contributed by atoms with Gasteiger partial charge in [-0.3, -0.25) is 0 Å². The summed E-state index contributed by atoms with van der Waals surface area (Å²) < 4.78 is 85.0. The van der Waals surface area contributed by atoms with E-state index in [4.69, 9.17) is 26.8 Å². The first kappa shape index (κ1) is 35.0. The first-order valence-corrected chi connectivity index (χ1v) is 14.5. The molecular formula is C32H37ClF5N3O3. The van der Waals surface area contributed by atoms with Gasteiger partial charge in [0.25, 0.3) is 0 Å². The summed E-state index contributed by atoms with van der Waals surface area (Å²) in [6.07, 6.45) is -2.70. The highest BCUT2D eigenvalue weighted by molar-refractivity contribution is 6.31. The summed E-state index contributed by atoms with van der Waals surface area (Å²) in [6.45, 7) is 10.2. The highest BCUT2D eigenvalue weighted by atomic mass is 35.5. The molecule has 1 aromatic heterocycles. The fourth-order valence-electron chi connectivity index (χ4n) is 6.25. The molecular weight excluding hydrogens is 605 g/mol. The molecule has 2 unspecified atom stereocenters. The molecule has 0 aliphatic carbocycles. The Bertz CT molecular complexity index is 1510. The monoisotopic (exact) mass is 641 g/mol. The van der Waals surface area contributed by atoms with Crippen molar-refractivity contribution in [2.45, 2.75) is 65.6 Å². The Morgan fingerprint density at radius 3 is 2.18 bits per heavy atom. The number of rotatable bonds is 11. The van der Waals surface area contributed by atoms with E-state index in [2.05, 4.69) is 18.9 Å². The number of benzene rings is 2. The van der Waals surface area contributed by atoms with E-state index < -0.39 is 52.4 Å². The average molecular weight is 642 g/mol. The third kappa shape index (κ3) is 6.49. The van der Waals surface area contributed by atoms with E-state index in [1.54, 1.807) is 0 Å². The van der Waals surface area contributed by atoms with Gasteiger partial charge in [0.2, 0.25) is 0 Å². The maximum Gasteiger partial charge on any atom is 0.434 e. The molecule has 0 saturated heterocycles. The molecule has 0 spiro atoms. The van der Waals surface area contributed by atoms with Crippen molar-refractivity contribution in [3.8, 4) is 5.69 Å². The molecule has 2 N–H and O–H groups in total. The van der Waals surface area contributed by atoms with Crippen LogP contribution in [0.15, 0.2) is 48.2 Å². The number of carbonyl (C=O) groups excluding carboxylic acids is 1. The van der Waals surface area contributed by atoms with E-state index in [0.717, 1.165) is 45.4 Å². The van der Waals surface area contributed by atoms with Crippen molar-refractivity contribution in [3.05, 3.63) is 87.2 Å². The van der Waals surface area contributed by atoms with Crippen molar-refractivity contribution < 1.29 is 36.2 Å². The van der Waals surface area contributed by atoms with Crippen LogP contribution in [0.5, 0.6) is 0 Å². The number of nitrogens with two attached hydrogens (primary N) is 1. The van der Waals surface area contributed by atoms with Crippen molar-refractivity contribution in [1.82, 2.24) is 9.78 Å². The largest absolute Gasteiger partial charge is 0.495 e. The molecule has 240 valence electrons. The van der Waals surface area contributed by atoms with Crippen molar-refractivity contribution in [2.75, 3.05) is 14.2 Å². The van der Waals surface area contributed by atoms with Crippen LogP contribution in [0.25, 0.3) is 11.4 Å². The quantitative estimate of drug-likeness (QED) is 0.0981. The van der Waals surface area contributed by atoms with Crippen molar-refractivity contribution in [1.29, 1.82) is 0 Å². The molecule has 3 rings (SSSR count). The molecule has 0 aliphatic rings. The van der Waals surface area contributed by atoms with Crippen LogP contribution in [0.4, 0.5) is 22.0 Å². The van der Waals surface area contributed by atoms with E-state index in [9.17, 15) is 22.4 Å². The Morgan fingerprint density at radius 1 is 1.05 bits per heavy atom. The summed E-state index contributed by atoms with van der Waals surface area (Å²) in [5.74, 6) is -3.48. The minimum Gasteiger partial charge on any atom is -0.495 e. The number of ether oxygens (including phenoxy) is 2. The predicted molar refractivity (Wildman–Crippen MR) is 159 cm³/mol. The van der Waals surface area contributed by atoms with Crippen LogP contribution in [-0.2, 0) is 20.4 Å². The standard InChI is InChI=1S/C32H37ClF5N3O3/c1-8-31(9-2,17(3)4)18(5)19-13-20(34)15-21(14-19)41-29(32(36,37)38)22(16-40-41)28(43-6)26(30(42)44-7)27(39)25-23(33)11-10-12-24(25)35/h10-18,27H,8-9,39H2,1-7H3/b28-26+. The zero-order valence-corrected chi connectivity index (χ0v) is 26.4. The zero-order valence-electron chi connectivity index (χ0n) is 25.7. The van der Waals surface area contributed by atoms with Crippen LogP contribution >= 0.6 is 11.6 Å². The summed E-state index contributed by atoms with van der Waals surface area (Å²) >= 11 is 6.16. The summed E-state index contributed by atoms with van der Waals surface area (Å²) in [7, 11) is 2.01. The Hall–Kier alpha value is -3.44. The molecule has 0 radical (unpaired) electrons. The lowest BCUT2D eigenvalue weighted by atomic mass is 9.63. The number of esters is 1. The first-order valence-electron chi connectivity index (χ1n) is 14.1. The van der Waals surface area contributed by atoms with E-state index >= 15 is 4.39 Å². The van der Waals surface area contributed by atoms with Gasteiger partial charge < -0.3 is 15.2 Å². The highest BCUT2D eigenvalue weighted by Crippen LogP contribution is 2.48. The Balaban J connectivity index is 2.35. The van der Waals surface area contributed by atoms with Crippen molar-refractivity contribution in [3.63, 3.8) is 0 Å². The molecule has 3 aromatic rings. The SMILES string of the molecule is CCC(CC)(C(C)C)C(C)c1cc(F)cc(-n2ncc(/C(OC)=C(\C(=O)OC)C(N)c3c(F)cccc3Cl)c2C(F)(F)F)c1. The van der Waals surface area contributed by atoms with Gasteiger partial charge in [-0.1, -0.05) is 52.3 Å². The number of aromatic nitrogens is 2. The molecule has 1 heterocycles. The van der Waals surface area contributed by atoms with Gasteiger partial charge >= 0.3 is 12.1 Å². The second kappa shape index (κ2) is 13.7. The third-order valence-corrected chi connectivity index (χ3v) is 9.07. The molecule has 12 heteroatoms. The number of alkyl halides is 3. The minimum atomic E-state index is -5.08. The van der Waals surface area contributed by atoms with Crippen LogP contribution in [0.1, 0.15) is 81.8 Å². The van der Waals surface area contributed by atoms with Gasteiger partial charge in [0.1, 0.15) is 23.0 Å². The van der Waals surface area contributed by atoms with Gasteiger partial charge in [0.15, 0.2) is 5.69 Å². The minimum absolute atomic E-state index is 0.167. The van der Waals surface area contributed by atoms with Gasteiger partial charge in [-0.2, -0.15) is 18.3 Å². The third-order valence-electron chi connectivity index (χ3n) is 8.74. The molecule has 2 aromatic carbocycles. The zero-order chi connectivity index (χ0) is 33.1. The van der Waals surface area contributed by atoms with Crippen molar-refractivity contribution >= 4 is 23.3 Å². The second-order valence-electron chi connectivity index (χ2n) is 10.9. The van der Waals surface area contributed by atoms with Crippen LogP contribution < -0.4 is 5.73 Å². The number of methoxy groups -OCH3 is 2. The molecule has 44 heavy (non-hydrogen) atoms. The lowest BCUT2D eigenvalue weighted by Crippen LogP contribution is -2.32. The Kier molecular flexibility index (Phi) is 10.9. The summed E-state index contributed by atoms with van der Waals surface area (Å²) in [5, 5.41) is 3.79. The lowest BCUT2D eigenvalue weighted by Gasteiger charge is -2.42. The van der Waals surface area contributed by atoms with Crippen LogP contribution in [0.2, 0.25) is 5.02 Å². The molecule has 6 nitrogen and oxygen atoms in total. The van der Waals surface area contributed by atoms with E-state index in [1.807, 2.05) is 20.8 Å². The molecule has 0 amide bonds. The molecule has 2 atom stereocenters. The Labute approximate surface area is 259 Å². The number of halogens is 6. The maximum absolute atomic E-state index is 15.1. The van der Waals surface area contributed by atoms with Gasteiger partial charge in [0, 0.05) is 10.6 Å². The normalized spacial score (nSPS) is 14.3. The fourth-order valence-corrected chi connectivity index (χ4v) is 6.53. The van der Waals surface area contributed by atoms with Gasteiger partial charge in [-0.25, -0.2) is 18.3 Å². The number of hydrogen-bond donors (Lipinski definition) is 1. The first-order chi connectivity index (χ1) is 20.6. The van der Waals surface area contributed by atoms with E-state index in [0.29, 0.717) is 10.2 Å². The number of hydrogen-bond acceptors (Lipinski definition) is 5. The highest BCUT2D eigenvalue weighted by Gasteiger charge is 2.43. The topological polar surface area (TPSA) is 79.4 Å². The van der Waals surface area contributed by atoms with Gasteiger partial charge in [0.05, 0.1) is 37.7 Å². The van der Waals surface area contributed by atoms with Crippen LogP contribution in [0, 0.1) is 23.0 Å². The predicted octanol–water partition coefficient (Wildman–Crippen LogP) is 8.62. The number of carbonyl (C=O) groups is 1. The van der Waals surface area contributed by atoms with Crippen LogP contribution in [-0.4, -0.2) is 30.0 Å². The summed E-state index contributed by atoms with van der Waals surface area (Å²) in [6, 6.07) is 5.71. The Morgan fingerprint density at radius 2 is 1.68 bits per heavy atom. The summed E-state index contributed by atoms with van der Waals surface area (Å²) in [5.41, 5.74) is 3.29. The molecule has 0 bridgehead atoms. The number of nitrogens with zero attached hydrogens (tertiary/aromatic N) is 2. The van der Waals surface area contributed by atoms with Crippen LogP contribution in [0.3, 0.4) is 0 Å². The lowest BCUT2D eigenvalue weighted by molar-refractivity contribution is -0.143. The molecule has 0 aliphatic heterocycles. The van der Waals surface area contributed by atoms with Gasteiger partial charge in [-0.15, -0.1) is 0 Å². The fraction of sp³-hybridized carbons (Fsp3) is 0.438. The smallest absolute Gasteiger partial charge is 0.434 e. The molecule has 0 saturated carbocycles. The second-order valence-corrected chi connectivity index (χ2v) is 11.3. The summed E-state index contributed by atoms with van der Waals surface area (Å²) in [4.78, 5) is 13.0. The average Bonchev–Trinajstić information content (AvgIpc) is 3.41. The van der Waals surface area contributed by atoms with E-state index in [-0.39, 0.29) is 33.5 Å². The molecule has 0 fully saturated rings. The van der Waals surface area contributed by atoms with Crippen molar-refractivity contribution in [2.24, 2.45) is 17.1 Å².